The Morgan fingerprint density at radius 3 is 2.94 bits per heavy atom. The second-order valence-electron chi connectivity index (χ2n) is 4.35. The lowest BCUT2D eigenvalue weighted by Gasteiger charge is -2.35. The molecule has 3 N–H and O–H groups in total. The zero-order valence-electron chi connectivity index (χ0n) is 10.9. The molecule has 2 unspecified atom stereocenters. The first-order chi connectivity index (χ1) is 8.22. The molecule has 0 saturated carbocycles. The van der Waals surface area contributed by atoms with Crippen LogP contribution >= 0.6 is 0 Å². The fraction of sp³-hybridized carbons (Fsp3) is 0.917. The molecule has 1 aliphatic rings. The average molecular weight is 243 g/mol. The summed E-state index contributed by atoms with van der Waals surface area (Å²) in [5, 5.41) is 2.90. The number of carbonyl (C=O) groups excluding carboxylic acids is 1. The van der Waals surface area contributed by atoms with E-state index in [4.69, 9.17) is 10.5 Å². The van der Waals surface area contributed by atoms with Crippen LogP contribution in [-0.4, -0.2) is 55.7 Å². The molecule has 1 fully saturated rings. The van der Waals surface area contributed by atoms with E-state index in [1.54, 1.807) is 0 Å². The monoisotopic (exact) mass is 243 g/mol. The molecule has 1 amide bonds. The third-order valence-electron chi connectivity index (χ3n) is 3.23. The van der Waals surface area contributed by atoms with Gasteiger partial charge in [-0.2, -0.15) is 0 Å². The van der Waals surface area contributed by atoms with E-state index in [0.717, 1.165) is 32.5 Å². The molecule has 1 saturated heterocycles. The van der Waals surface area contributed by atoms with Crippen LogP contribution in [0.1, 0.15) is 26.7 Å². The third kappa shape index (κ3) is 4.26. The van der Waals surface area contributed by atoms with Crippen molar-refractivity contribution in [1.29, 1.82) is 0 Å². The first-order valence-electron chi connectivity index (χ1n) is 6.56. The molecular weight excluding hydrogens is 218 g/mol. The maximum absolute atomic E-state index is 11.7. The molecule has 1 aliphatic heterocycles. The van der Waals surface area contributed by atoms with Gasteiger partial charge in [0.15, 0.2) is 0 Å². The predicted octanol–water partition coefficient (Wildman–Crippen LogP) is -0.0493. The normalized spacial score (nSPS) is 23.5. The lowest BCUT2D eigenvalue weighted by atomic mass is 10.1. The van der Waals surface area contributed by atoms with E-state index in [-0.39, 0.29) is 18.1 Å². The van der Waals surface area contributed by atoms with Crippen LogP contribution in [0.25, 0.3) is 0 Å². The molecule has 5 nitrogen and oxygen atoms in total. The van der Waals surface area contributed by atoms with E-state index >= 15 is 0 Å². The van der Waals surface area contributed by atoms with Crippen molar-refractivity contribution in [3.8, 4) is 0 Å². The van der Waals surface area contributed by atoms with E-state index in [1.165, 1.54) is 0 Å². The van der Waals surface area contributed by atoms with Crippen molar-refractivity contribution in [3.63, 3.8) is 0 Å². The summed E-state index contributed by atoms with van der Waals surface area (Å²) in [6.45, 7) is 7.82. The second kappa shape index (κ2) is 7.63. The average Bonchev–Trinajstić information content (AvgIpc) is 2.34. The predicted molar refractivity (Wildman–Crippen MR) is 67.7 cm³/mol. The molecule has 0 aliphatic carbocycles. The minimum Gasteiger partial charge on any atom is -0.377 e. The highest BCUT2D eigenvalue weighted by Crippen LogP contribution is 2.10. The first-order valence-corrected chi connectivity index (χ1v) is 6.56. The van der Waals surface area contributed by atoms with Crippen molar-refractivity contribution < 1.29 is 9.53 Å². The zero-order chi connectivity index (χ0) is 12.7. The number of hydrogen-bond acceptors (Lipinski definition) is 4. The van der Waals surface area contributed by atoms with Gasteiger partial charge in [-0.25, -0.2) is 0 Å². The molecule has 5 heteroatoms. The largest absolute Gasteiger partial charge is 0.377 e. The van der Waals surface area contributed by atoms with Crippen LogP contribution in [0.5, 0.6) is 0 Å². The van der Waals surface area contributed by atoms with E-state index in [1.807, 2.05) is 13.8 Å². The highest BCUT2D eigenvalue weighted by atomic mass is 16.5. The maximum Gasteiger partial charge on any atom is 0.237 e. The Bertz CT molecular complexity index is 236. The van der Waals surface area contributed by atoms with Gasteiger partial charge in [0.1, 0.15) is 0 Å². The fourth-order valence-electron chi connectivity index (χ4n) is 2.29. The number of piperazine rings is 1. The Kier molecular flexibility index (Phi) is 6.47. The Hall–Kier alpha value is -0.650. The number of ether oxygens (including phenoxy) is 1. The Morgan fingerprint density at radius 1 is 1.59 bits per heavy atom. The number of nitrogens with zero attached hydrogens (tertiary/aromatic N) is 1. The van der Waals surface area contributed by atoms with E-state index in [9.17, 15) is 4.79 Å². The van der Waals surface area contributed by atoms with Crippen molar-refractivity contribution in [1.82, 2.24) is 10.2 Å². The molecule has 17 heavy (non-hydrogen) atoms. The standard InChI is InChI=1S/C12H25N3O2/c1-3-11-12(16)14-6-8-15(11)7-5-10(9-13)17-4-2/h10-11H,3-9,13H2,1-2H3,(H,14,16). The summed E-state index contributed by atoms with van der Waals surface area (Å²) in [4.78, 5) is 13.9. The number of amides is 1. The summed E-state index contributed by atoms with van der Waals surface area (Å²) in [7, 11) is 0. The summed E-state index contributed by atoms with van der Waals surface area (Å²) in [5.41, 5.74) is 5.65. The van der Waals surface area contributed by atoms with Crippen LogP contribution in [-0.2, 0) is 9.53 Å². The Morgan fingerprint density at radius 2 is 2.35 bits per heavy atom. The molecule has 0 bridgehead atoms. The highest BCUT2D eigenvalue weighted by Gasteiger charge is 2.27. The van der Waals surface area contributed by atoms with Crippen LogP contribution in [0.4, 0.5) is 0 Å². The molecule has 2 atom stereocenters. The lowest BCUT2D eigenvalue weighted by Crippen LogP contribution is -2.55. The minimum absolute atomic E-state index is 0.0174. The second-order valence-corrected chi connectivity index (χ2v) is 4.35. The van der Waals surface area contributed by atoms with Crippen LogP contribution in [0.3, 0.4) is 0 Å². The molecule has 0 aromatic carbocycles. The molecule has 0 aromatic rings. The molecule has 0 aromatic heterocycles. The van der Waals surface area contributed by atoms with E-state index < -0.39 is 0 Å². The molecule has 1 heterocycles. The summed E-state index contributed by atoms with van der Waals surface area (Å²) in [6.07, 6.45) is 1.87. The smallest absolute Gasteiger partial charge is 0.237 e. The summed E-state index contributed by atoms with van der Waals surface area (Å²) in [5.74, 6) is 0.152. The van der Waals surface area contributed by atoms with Gasteiger partial charge in [0.25, 0.3) is 0 Å². The molecular formula is C12H25N3O2. The van der Waals surface area contributed by atoms with Gasteiger partial charge in [0.05, 0.1) is 12.1 Å². The molecule has 0 spiro atoms. The molecule has 100 valence electrons. The van der Waals surface area contributed by atoms with E-state index in [0.29, 0.717) is 13.2 Å². The number of nitrogens with two attached hydrogens (primary N) is 1. The number of rotatable bonds is 7. The van der Waals surface area contributed by atoms with Crippen LogP contribution in [0.2, 0.25) is 0 Å². The molecule has 1 rings (SSSR count). The SMILES string of the molecule is CCOC(CN)CCN1CCNC(=O)C1CC. The van der Waals surface area contributed by atoms with Gasteiger partial charge in [-0.3, -0.25) is 9.69 Å². The van der Waals surface area contributed by atoms with Gasteiger partial charge >= 0.3 is 0 Å². The quantitative estimate of drug-likeness (QED) is 0.658. The maximum atomic E-state index is 11.7. The van der Waals surface area contributed by atoms with Gasteiger partial charge < -0.3 is 15.8 Å². The van der Waals surface area contributed by atoms with Gasteiger partial charge in [0.2, 0.25) is 5.91 Å². The summed E-state index contributed by atoms with van der Waals surface area (Å²) >= 11 is 0. The van der Waals surface area contributed by atoms with Crippen LogP contribution in [0.15, 0.2) is 0 Å². The van der Waals surface area contributed by atoms with Crippen molar-refractivity contribution in [3.05, 3.63) is 0 Å². The van der Waals surface area contributed by atoms with E-state index in [2.05, 4.69) is 10.2 Å². The van der Waals surface area contributed by atoms with Crippen LogP contribution < -0.4 is 11.1 Å². The number of nitrogens with one attached hydrogen (secondary N) is 1. The minimum atomic E-state index is 0.0174. The van der Waals surface area contributed by atoms with Crippen molar-refractivity contribution >= 4 is 5.91 Å². The lowest BCUT2D eigenvalue weighted by molar-refractivity contribution is -0.129. The van der Waals surface area contributed by atoms with Crippen molar-refractivity contribution in [2.75, 3.05) is 32.8 Å². The highest BCUT2D eigenvalue weighted by molar-refractivity contribution is 5.82. The van der Waals surface area contributed by atoms with Crippen LogP contribution in [0, 0.1) is 0 Å². The summed E-state index contributed by atoms with van der Waals surface area (Å²) < 4.78 is 5.53. The van der Waals surface area contributed by atoms with Gasteiger partial charge in [-0.05, 0) is 19.8 Å². The van der Waals surface area contributed by atoms with Crippen molar-refractivity contribution in [2.45, 2.75) is 38.8 Å². The Labute approximate surface area is 104 Å². The van der Waals surface area contributed by atoms with Gasteiger partial charge in [0, 0.05) is 32.8 Å². The topological polar surface area (TPSA) is 67.6 Å². The zero-order valence-corrected chi connectivity index (χ0v) is 10.9. The van der Waals surface area contributed by atoms with Crippen molar-refractivity contribution in [2.24, 2.45) is 5.73 Å². The first kappa shape index (κ1) is 14.4. The van der Waals surface area contributed by atoms with Gasteiger partial charge in [-0.15, -0.1) is 0 Å². The number of carbonyl (C=O) groups is 1. The molecule has 0 radical (unpaired) electrons. The number of hydrogen-bond donors (Lipinski definition) is 2. The summed E-state index contributed by atoms with van der Waals surface area (Å²) in [6, 6.07) is 0.0174. The fourth-order valence-corrected chi connectivity index (χ4v) is 2.29. The van der Waals surface area contributed by atoms with Gasteiger partial charge in [-0.1, -0.05) is 6.92 Å². The Balaban J connectivity index is 2.40. The third-order valence-corrected chi connectivity index (χ3v) is 3.23.